The van der Waals surface area contributed by atoms with Gasteiger partial charge >= 0.3 is 0 Å². The van der Waals surface area contributed by atoms with Crippen LogP contribution >= 0.6 is 11.6 Å². The van der Waals surface area contributed by atoms with E-state index >= 15 is 0 Å². The maximum absolute atomic E-state index is 12.6. The van der Waals surface area contributed by atoms with Crippen LogP contribution in [0.3, 0.4) is 0 Å². The molecular weight excluding hydrogens is 264 g/mol. The van der Waals surface area contributed by atoms with E-state index in [4.69, 9.17) is 11.6 Å². The van der Waals surface area contributed by atoms with E-state index < -0.39 is 10.8 Å². The molecule has 0 heterocycles. The van der Waals surface area contributed by atoms with Crippen LogP contribution in [0, 0.1) is 0 Å². The van der Waals surface area contributed by atoms with Crippen LogP contribution in [0.15, 0.2) is 35.2 Å². The SMILES string of the molecule is CC(C)(C)S(=O)C1=CCC[C@H]1c1ccccc1Cl. The third-order valence-corrected chi connectivity index (χ3v) is 5.53. The number of rotatable bonds is 2. The molecule has 3 heteroatoms. The Balaban J connectivity index is 2.34. The van der Waals surface area contributed by atoms with Crippen LogP contribution in [0.4, 0.5) is 0 Å². The van der Waals surface area contributed by atoms with Gasteiger partial charge in [-0.3, -0.25) is 4.21 Å². The first-order chi connectivity index (χ1) is 8.41. The van der Waals surface area contributed by atoms with Gasteiger partial charge in [-0.05, 0) is 45.2 Å². The third-order valence-electron chi connectivity index (χ3n) is 3.20. The Hall–Kier alpha value is -0.600. The van der Waals surface area contributed by atoms with Crippen LogP contribution in [0.5, 0.6) is 0 Å². The standard InChI is InChI=1S/C15H19ClOS/c1-15(2,3)18(17)14-10-6-8-12(14)11-7-4-5-9-13(11)16/h4-5,7,9-10,12H,6,8H2,1-3H3/t12-,18?/m0/s1. The molecule has 0 bridgehead atoms. The van der Waals surface area contributed by atoms with E-state index in [-0.39, 0.29) is 10.7 Å². The Morgan fingerprint density at radius 1 is 1.28 bits per heavy atom. The summed E-state index contributed by atoms with van der Waals surface area (Å²) in [5.74, 6) is 0.221. The Morgan fingerprint density at radius 3 is 2.56 bits per heavy atom. The highest BCUT2D eigenvalue weighted by atomic mass is 35.5. The maximum atomic E-state index is 12.6. The van der Waals surface area contributed by atoms with E-state index in [1.165, 1.54) is 0 Å². The zero-order valence-electron chi connectivity index (χ0n) is 11.1. The summed E-state index contributed by atoms with van der Waals surface area (Å²) in [5.41, 5.74) is 1.11. The molecule has 2 atom stereocenters. The molecule has 1 nitrogen and oxygen atoms in total. The van der Waals surface area contributed by atoms with Crippen LogP contribution in [0.2, 0.25) is 5.02 Å². The van der Waals surface area contributed by atoms with Gasteiger partial charge in [0.25, 0.3) is 0 Å². The number of benzene rings is 1. The zero-order valence-corrected chi connectivity index (χ0v) is 12.6. The van der Waals surface area contributed by atoms with E-state index in [1.54, 1.807) is 0 Å². The van der Waals surface area contributed by atoms with Crippen molar-refractivity contribution in [2.75, 3.05) is 0 Å². The molecule has 1 aliphatic rings. The summed E-state index contributed by atoms with van der Waals surface area (Å²) in [7, 11) is -0.949. The lowest BCUT2D eigenvalue weighted by Gasteiger charge is -2.23. The Kier molecular flexibility index (Phi) is 3.98. The summed E-state index contributed by atoms with van der Waals surface area (Å²) in [6.07, 6.45) is 4.14. The van der Waals surface area contributed by atoms with Gasteiger partial charge in [-0.15, -0.1) is 0 Å². The predicted octanol–water partition coefficient (Wildman–Crippen LogP) is 4.65. The topological polar surface area (TPSA) is 17.1 Å². The zero-order chi connectivity index (χ0) is 13.3. The second-order valence-corrected chi connectivity index (χ2v) is 8.28. The molecule has 2 rings (SSSR count). The molecule has 0 spiro atoms. The molecule has 0 aromatic heterocycles. The fraction of sp³-hybridized carbons (Fsp3) is 0.467. The van der Waals surface area contributed by atoms with Crippen molar-refractivity contribution in [1.29, 1.82) is 0 Å². The van der Waals surface area contributed by atoms with Gasteiger partial charge in [0.15, 0.2) is 0 Å². The van der Waals surface area contributed by atoms with Gasteiger partial charge in [-0.1, -0.05) is 35.9 Å². The van der Waals surface area contributed by atoms with Crippen LogP contribution < -0.4 is 0 Å². The van der Waals surface area contributed by atoms with Crippen molar-refractivity contribution in [2.24, 2.45) is 0 Å². The quantitative estimate of drug-likeness (QED) is 0.772. The summed E-state index contributed by atoms with van der Waals surface area (Å²) >= 11 is 6.26. The number of allylic oxidation sites excluding steroid dienone is 2. The molecule has 98 valence electrons. The van der Waals surface area contributed by atoms with E-state index in [0.29, 0.717) is 0 Å². The van der Waals surface area contributed by atoms with Crippen LogP contribution in [0.25, 0.3) is 0 Å². The first-order valence-electron chi connectivity index (χ1n) is 6.27. The first kappa shape index (κ1) is 13.8. The second kappa shape index (κ2) is 5.18. The smallest absolute Gasteiger partial charge is 0.0545 e. The Labute approximate surface area is 117 Å². The third kappa shape index (κ3) is 2.70. The average Bonchev–Trinajstić information content (AvgIpc) is 2.76. The minimum Gasteiger partial charge on any atom is -0.254 e. The largest absolute Gasteiger partial charge is 0.254 e. The summed E-state index contributed by atoms with van der Waals surface area (Å²) in [5, 5.41) is 0.779. The Bertz CT molecular complexity index is 499. The average molecular weight is 283 g/mol. The predicted molar refractivity (Wildman–Crippen MR) is 79.4 cm³/mol. The molecule has 0 saturated heterocycles. The van der Waals surface area contributed by atoms with Gasteiger partial charge in [0.1, 0.15) is 0 Å². The van der Waals surface area contributed by atoms with Crippen LogP contribution in [-0.2, 0) is 10.8 Å². The lowest BCUT2D eigenvalue weighted by molar-refractivity contribution is 0.649. The number of hydrogen-bond acceptors (Lipinski definition) is 1. The van der Waals surface area contributed by atoms with Gasteiger partial charge in [0.2, 0.25) is 0 Å². The van der Waals surface area contributed by atoms with Crippen molar-refractivity contribution >= 4 is 22.4 Å². The molecule has 1 aliphatic carbocycles. The molecule has 1 unspecified atom stereocenters. The van der Waals surface area contributed by atoms with Gasteiger partial charge in [-0.25, -0.2) is 0 Å². The van der Waals surface area contributed by atoms with Gasteiger partial charge in [0.05, 0.1) is 10.8 Å². The minimum atomic E-state index is -0.949. The van der Waals surface area contributed by atoms with E-state index in [2.05, 4.69) is 6.08 Å². The fourth-order valence-corrected chi connectivity index (χ4v) is 4.05. The highest BCUT2D eigenvalue weighted by Crippen LogP contribution is 2.42. The molecule has 0 radical (unpaired) electrons. The Morgan fingerprint density at radius 2 is 1.94 bits per heavy atom. The summed E-state index contributed by atoms with van der Waals surface area (Å²) in [6, 6.07) is 7.89. The monoisotopic (exact) mass is 282 g/mol. The van der Waals surface area contributed by atoms with Crippen molar-refractivity contribution in [3.8, 4) is 0 Å². The molecule has 0 aliphatic heterocycles. The lowest BCUT2D eigenvalue weighted by atomic mass is 9.98. The molecule has 18 heavy (non-hydrogen) atoms. The maximum Gasteiger partial charge on any atom is 0.0545 e. The van der Waals surface area contributed by atoms with Crippen molar-refractivity contribution in [3.05, 3.63) is 45.8 Å². The van der Waals surface area contributed by atoms with Crippen molar-refractivity contribution in [1.82, 2.24) is 0 Å². The van der Waals surface area contributed by atoms with E-state index in [1.807, 2.05) is 45.0 Å². The normalized spacial score (nSPS) is 21.8. The van der Waals surface area contributed by atoms with Crippen molar-refractivity contribution in [3.63, 3.8) is 0 Å². The molecular formula is C15H19ClOS. The molecule has 0 N–H and O–H groups in total. The molecule has 0 fully saturated rings. The van der Waals surface area contributed by atoms with E-state index in [9.17, 15) is 4.21 Å². The highest BCUT2D eigenvalue weighted by molar-refractivity contribution is 7.90. The van der Waals surface area contributed by atoms with E-state index in [0.717, 1.165) is 28.3 Å². The fourth-order valence-electron chi connectivity index (χ4n) is 2.30. The number of halogens is 1. The van der Waals surface area contributed by atoms with Crippen molar-refractivity contribution < 1.29 is 4.21 Å². The minimum absolute atomic E-state index is 0.213. The molecule has 0 saturated carbocycles. The van der Waals surface area contributed by atoms with Crippen molar-refractivity contribution in [2.45, 2.75) is 44.3 Å². The van der Waals surface area contributed by atoms with Gasteiger partial charge < -0.3 is 0 Å². The van der Waals surface area contributed by atoms with Gasteiger partial charge in [-0.2, -0.15) is 0 Å². The first-order valence-corrected chi connectivity index (χ1v) is 7.80. The summed E-state index contributed by atoms with van der Waals surface area (Å²) in [6.45, 7) is 6.06. The van der Waals surface area contributed by atoms with Gasteiger partial charge in [0, 0.05) is 20.6 Å². The lowest BCUT2D eigenvalue weighted by Crippen LogP contribution is -2.24. The van der Waals surface area contributed by atoms with Crippen LogP contribution in [-0.4, -0.2) is 8.96 Å². The molecule has 0 amide bonds. The molecule has 1 aromatic rings. The summed E-state index contributed by atoms with van der Waals surface area (Å²) in [4.78, 5) is 1.05. The van der Waals surface area contributed by atoms with Crippen LogP contribution in [0.1, 0.15) is 45.1 Å². The summed E-state index contributed by atoms with van der Waals surface area (Å²) < 4.78 is 12.3. The second-order valence-electron chi connectivity index (χ2n) is 5.64. The molecule has 1 aromatic carbocycles. The highest BCUT2D eigenvalue weighted by Gasteiger charge is 2.32. The number of hydrogen-bond donors (Lipinski definition) is 0.